The van der Waals surface area contributed by atoms with E-state index in [0.717, 1.165) is 17.0 Å². The second-order valence-corrected chi connectivity index (χ2v) is 5.24. The number of methoxy groups -OCH3 is 1. The van der Waals surface area contributed by atoms with Crippen molar-refractivity contribution in [3.05, 3.63) is 45.7 Å². The van der Waals surface area contributed by atoms with Crippen LogP contribution in [0.3, 0.4) is 0 Å². The van der Waals surface area contributed by atoms with Crippen LogP contribution in [0.5, 0.6) is 0 Å². The maximum atomic E-state index is 11.8. The first-order valence-corrected chi connectivity index (χ1v) is 6.92. The highest BCUT2D eigenvalue weighted by Crippen LogP contribution is 2.23. The Morgan fingerprint density at radius 3 is 2.71 bits per heavy atom. The van der Waals surface area contributed by atoms with Crippen molar-refractivity contribution in [3.63, 3.8) is 0 Å². The van der Waals surface area contributed by atoms with Gasteiger partial charge in [-0.15, -0.1) is 0 Å². The maximum absolute atomic E-state index is 11.8. The van der Waals surface area contributed by atoms with Crippen molar-refractivity contribution in [3.8, 4) is 0 Å². The molecule has 1 N–H and O–H groups in total. The largest absolute Gasteiger partial charge is 0.465 e. The maximum Gasteiger partial charge on any atom is 0.340 e. The number of hydrogen-bond acceptors (Lipinski definition) is 4. The van der Waals surface area contributed by atoms with Crippen LogP contribution in [-0.2, 0) is 18.3 Å². The van der Waals surface area contributed by atoms with E-state index in [-0.39, 0.29) is 0 Å². The van der Waals surface area contributed by atoms with E-state index in [4.69, 9.17) is 16.3 Å². The zero-order valence-corrected chi connectivity index (χ0v) is 13.3. The highest BCUT2D eigenvalue weighted by molar-refractivity contribution is 6.31. The molecule has 0 saturated carbocycles. The summed E-state index contributed by atoms with van der Waals surface area (Å²) < 4.78 is 6.62. The summed E-state index contributed by atoms with van der Waals surface area (Å²) in [5.41, 5.74) is 4.28. The van der Waals surface area contributed by atoms with Crippen molar-refractivity contribution in [2.24, 2.45) is 7.05 Å². The number of aromatic nitrogens is 2. The zero-order valence-electron chi connectivity index (χ0n) is 12.5. The summed E-state index contributed by atoms with van der Waals surface area (Å²) in [7, 11) is 3.26. The van der Waals surface area contributed by atoms with Crippen LogP contribution in [-0.4, -0.2) is 22.9 Å². The van der Waals surface area contributed by atoms with Gasteiger partial charge in [0, 0.05) is 35.6 Å². The fourth-order valence-electron chi connectivity index (χ4n) is 2.21. The fraction of sp³-hybridized carbons (Fsp3) is 0.333. The van der Waals surface area contributed by atoms with E-state index in [1.54, 1.807) is 18.2 Å². The molecule has 5 nitrogen and oxygen atoms in total. The summed E-state index contributed by atoms with van der Waals surface area (Å²) in [5, 5.41) is 8.12. The van der Waals surface area contributed by atoms with Crippen LogP contribution < -0.4 is 5.32 Å². The van der Waals surface area contributed by atoms with Crippen LogP contribution in [0.15, 0.2) is 18.2 Å². The number of aryl methyl sites for hydroxylation is 2. The van der Waals surface area contributed by atoms with Crippen molar-refractivity contribution < 1.29 is 9.53 Å². The Labute approximate surface area is 128 Å². The molecule has 0 aliphatic carbocycles. The molecule has 0 aliphatic rings. The zero-order chi connectivity index (χ0) is 15.6. The van der Waals surface area contributed by atoms with Gasteiger partial charge in [0.1, 0.15) is 0 Å². The minimum atomic E-state index is -0.417. The lowest BCUT2D eigenvalue weighted by atomic mass is 10.1. The van der Waals surface area contributed by atoms with Crippen LogP contribution in [0, 0.1) is 13.8 Å². The van der Waals surface area contributed by atoms with Crippen molar-refractivity contribution in [1.82, 2.24) is 9.78 Å². The number of halogens is 1. The van der Waals surface area contributed by atoms with E-state index in [1.807, 2.05) is 25.6 Å². The quantitative estimate of drug-likeness (QED) is 0.882. The first kappa shape index (κ1) is 15.4. The van der Waals surface area contributed by atoms with Gasteiger partial charge < -0.3 is 10.1 Å². The van der Waals surface area contributed by atoms with Gasteiger partial charge in [-0.1, -0.05) is 11.6 Å². The second-order valence-electron chi connectivity index (χ2n) is 4.81. The van der Waals surface area contributed by atoms with E-state index < -0.39 is 5.97 Å². The number of carbonyl (C=O) groups excluding carboxylic acids is 1. The summed E-state index contributed by atoms with van der Waals surface area (Å²) in [5.74, 6) is -0.417. The third kappa shape index (κ3) is 3.19. The molecule has 0 radical (unpaired) electrons. The third-order valence-electron chi connectivity index (χ3n) is 3.50. The fourth-order valence-corrected chi connectivity index (χ4v) is 2.38. The number of carbonyl (C=O) groups is 1. The molecule has 112 valence electrons. The van der Waals surface area contributed by atoms with Gasteiger partial charge in [-0.2, -0.15) is 5.10 Å². The molecule has 2 aromatic rings. The predicted octanol–water partition coefficient (Wildman–Crippen LogP) is 3.09. The third-order valence-corrected chi connectivity index (χ3v) is 3.74. The molecule has 1 aromatic carbocycles. The van der Waals surface area contributed by atoms with Gasteiger partial charge in [0.05, 0.1) is 18.4 Å². The SMILES string of the molecule is COC(=O)c1cc(Cl)ccc1NCc1c(C)nn(C)c1C. The van der Waals surface area contributed by atoms with Crippen LogP contribution in [0.4, 0.5) is 5.69 Å². The average molecular weight is 308 g/mol. The molecule has 0 bridgehead atoms. The summed E-state index contributed by atoms with van der Waals surface area (Å²) in [6.45, 7) is 4.56. The Balaban J connectivity index is 2.26. The van der Waals surface area contributed by atoms with Gasteiger partial charge in [0.2, 0.25) is 0 Å². The minimum Gasteiger partial charge on any atom is -0.465 e. The molecule has 0 unspecified atom stereocenters. The standard InChI is InChI=1S/C15H18ClN3O2/c1-9-13(10(2)19(3)18-9)8-17-14-6-5-11(16)7-12(14)15(20)21-4/h5-7,17H,8H2,1-4H3. The second kappa shape index (κ2) is 6.18. The number of ether oxygens (including phenoxy) is 1. The van der Waals surface area contributed by atoms with Gasteiger partial charge in [0.25, 0.3) is 0 Å². The molecule has 1 heterocycles. The van der Waals surface area contributed by atoms with Crippen LogP contribution in [0.25, 0.3) is 0 Å². The molecule has 21 heavy (non-hydrogen) atoms. The molecule has 0 atom stereocenters. The summed E-state index contributed by atoms with van der Waals surface area (Å²) in [4.78, 5) is 11.8. The van der Waals surface area contributed by atoms with E-state index >= 15 is 0 Å². The van der Waals surface area contributed by atoms with Crippen LogP contribution in [0.1, 0.15) is 27.3 Å². The Hall–Kier alpha value is -2.01. The van der Waals surface area contributed by atoms with E-state index in [2.05, 4.69) is 10.4 Å². The van der Waals surface area contributed by atoms with E-state index in [0.29, 0.717) is 22.8 Å². The number of nitrogens with one attached hydrogen (secondary N) is 1. The molecule has 0 amide bonds. The monoisotopic (exact) mass is 307 g/mol. The number of rotatable bonds is 4. The molecule has 6 heteroatoms. The van der Waals surface area contributed by atoms with Gasteiger partial charge in [-0.25, -0.2) is 4.79 Å². The van der Waals surface area contributed by atoms with E-state index in [1.165, 1.54) is 7.11 Å². The smallest absolute Gasteiger partial charge is 0.340 e. The number of benzene rings is 1. The van der Waals surface area contributed by atoms with Gasteiger partial charge in [-0.05, 0) is 32.0 Å². The molecule has 1 aromatic heterocycles. The van der Waals surface area contributed by atoms with Crippen molar-refractivity contribution in [1.29, 1.82) is 0 Å². The first-order valence-electron chi connectivity index (χ1n) is 6.55. The number of esters is 1. The highest BCUT2D eigenvalue weighted by Gasteiger charge is 2.14. The normalized spacial score (nSPS) is 10.5. The van der Waals surface area contributed by atoms with E-state index in [9.17, 15) is 4.79 Å². The van der Waals surface area contributed by atoms with Crippen LogP contribution >= 0.6 is 11.6 Å². The van der Waals surface area contributed by atoms with Crippen molar-refractivity contribution in [2.75, 3.05) is 12.4 Å². The van der Waals surface area contributed by atoms with Crippen LogP contribution in [0.2, 0.25) is 5.02 Å². The summed E-state index contributed by atoms with van der Waals surface area (Å²) >= 11 is 5.94. The van der Waals surface area contributed by atoms with Gasteiger partial charge >= 0.3 is 5.97 Å². The molecule has 0 spiro atoms. The van der Waals surface area contributed by atoms with Gasteiger partial charge in [0.15, 0.2) is 0 Å². The van der Waals surface area contributed by atoms with Gasteiger partial charge in [-0.3, -0.25) is 4.68 Å². The van der Waals surface area contributed by atoms with Crippen molar-refractivity contribution >= 4 is 23.3 Å². The first-order chi connectivity index (χ1) is 9.93. The Morgan fingerprint density at radius 1 is 1.43 bits per heavy atom. The Morgan fingerprint density at radius 2 is 2.14 bits per heavy atom. The average Bonchev–Trinajstić information content (AvgIpc) is 2.70. The molecule has 2 rings (SSSR count). The molecular formula is C15H18ClN3O2. The Bertz CT molecular complexity index is 680. The Kier molecular flexibility index (Phi) is 4.53. The minimum absolute atomic E-state index is 0.417. The summed E-state index contributed by atoms with van der Waals surface area (Å²) in [6.07, 6.45) is 0. The number of hydrogen-bond donors (Lipinski definition) is 1. The molecule has 0 aliphatic heterocycles. The number of anilines is 1. The molecular weight excluding hydrogens is 290 g/mol. The lowest BCUT2D eigenvalue weighted by molar-refractivity contribution is 0.0602. The topological polar surface area (TPSA) is 56.1 Å². The predicted molar refractivity (Wildman–Crippen MR) is 82.8 cm³/mol. The number of nitrogens with zero attached hydrogens (tertiary/aromatic N) is 2. The summed E-state index contributed by atoms with van der Waals surface area (Å²) in [6, 6.07) is 5.10. The molecule has 0 fully saturated rings. The van der Waals surface area contributed by atoms with Crippen molar-refractivity contribution in [2.45, 2.75) is 20.4 Å². The highest BCUT2D eigenvalue weighted by atomic mass is 35.5. The molecule has 0 saturated heterocycles. The lowest BCUT2D eigenvalue weighted by Gasteiger charge is -2.11. The lowest BCUT2D eigenvalue weighted by Crippen LogP contribution is -2.09.